The maximum atomic E-state index is 9.88. The van der Waals surface area contributed by atoms with Crippen LogP contribution in [-0.2, 0) is 4.79 Å². The van der Waals surface area contributed by atoms with Crippen molar-refractivity contribution in [2.75, 3.05) is 5.32 Å². The van der Waals surface area contributed by atoms with Crippen LogP contribution in [0.3, 0.4) is 0 Å². The van der Waals surface area contributed by atoms with E-state index in [1.807, 2.05) is 6.92 Å². The van der Waals surface area contributed by atoms with Crippen LogP contribution in [0.4, 0.5) is 5.82 Å². The van der Waals surface area contributed by atoms with Crippen molar-refractivity contribution in [3.63, 3.8) is 0 Å². The lowest BCUT2D eigenvalue weighted by atomic mass is 10.5. The first-order chi connectivity index (χ1) is 4.83. The predicted molar refractivity (Wildman–Crippen MR) is 36.5 cm³/mol. The second-order valence-electron chi connectivity index (χ2n) is 1.81. The molecular formula is C6H7N3O. The number of aromatic nitrogens is 2. The van der Waals surface area contributed by atoms with Gasteiger partial charge in [0.2, 0.25) is 6.41 Å². The third kappa shape index (κ3) is 1.51. The number of carbonyl (C=O) groups excluding carboxylic acids is 1. The van der Waals surface area contributed by atoms with Crippen LogP contribution in [0.15, 0.2) is 12.4 Å². The molecule has 0 unspecified atom stereocenters. The molecule has 1 rings (SSSR count). The van der Waals surface area contributed by atoms with Crippen molar-refractivity contribution in [2.45, 2.75) is 6.92 Å². The molecule has 0 spiro atoms. The standard InChI is InChI=1S/C6H7N3O/c1-5-2-8-6(3-7-5)9-4-10/h2-4H,1H3,(H,8,9,10). The lowest BCUT2D eigenvalue weighted by molar-refractivity contribution is -0.105. The van der Waals surface area contributed by atoms with E-state index in [1.165, 1.54) is 6.20 Å². The molecule has 0 radical (unpaired) electrons. The fraction of sp³-hybridized carbons (Fsp3) is 0.167. The van der Waals surface area contributed by atoms with Gasteiger partial charge < -0.3 is 5.32 Å². The van der Waals surface area contributed by atoms with Crippen LogP contribution in [0.5, 0.6) is 0 Å². The number of anilines is 1. The summed E-state index contributed by atoms with van der Waals surface area (Å²) in [4.78, 5) is 17.7. The quantitative estimate of drug-likeness (QED) is 0.598. The number of aryl methyl sites for hydroxylation is 1. The average molecular weight is 137 g/mol. The zero-order valence-corrected chi connectivity index (χ0v) is 5.53. The summed E-state index contributed by atoms with van der Waals surface area (Å²) >= 11 is 0. The predicted octanol–water partition coefficient (Wildman–Crippen LogP) is 0.353. The number of nitrogens with zero attached hydrogens (tertiary/aromatic N) is 2. The first kappa shape index (κ1) is 6.67. The van der Waals surface area contributed by atoms with Gasteiger partial charge in [-0.1, -0.05) is 0 Å². The van der Waals surface area contributed by atoms with Gasteiger partial charge in [-0.15, -0.1) is 0 Å². The van der Waals surface area contributed by atoms with Gasteiger partial charge in [0.15, 0.2) is 5.82 Å². The van der Waals surface area contributed by atoms with E-state index in [0.29, 0.717) is 12.2 Å². The largest absolute Gasteiger partial charge is 0.312 e. The van der Waals surface area contributed by atoms with Crippen molar-refractivity contribution in [1.29, 1.82) is 0 Å². The molecule has 0 aromatic carbocycles. The number of carbonyl (C=O) groups is 1. The third-order valence-corrected chi connectivity index (χ3v) is 0.988. The molecule has 0 saturated heterocycles. The molecule has 4 nitrogen and oxygen atoms in total. The molecule has 0 saturated carbocycles. The van der Waals surface area contributed by atoms with E-state index >= 15 is 0 Å². The maximum Gasteiger partial charge on any atom is 0.212 e. The van der Waals surface area contributed by atoms with Crippen LogP contribution in [0.2, 0.25) is 0 Å². The molecule has 0 fully saturated rings. The minimum atomic E-state index is 0.473. The summed E-state index contributed by atoms with van der Waals surface area (Å²) in [5, 5.41) is 2.38. The fourth-order valence-corrected chi connectivity index (χ4v) is 0.527. The summed E-state index contributed by atoms with van der Waals surface area (Å²) in [6.45, 7) is 1.83. The molecule has 0 bridgehead atoms. The number of hydrogen-bond donors (Lipinski definition) is 1. The molecule has 1 N–H and O–H groups in total. The topological polar surface area (TPSA) is 54.9 Å². The molecule has 0 aliphatic carbocycles. The van der Waals surface area contributed by atoms with E-state index in [0.717, 1.165) is 5.69 Å². The van der Waals surface area contributed by atoms with Crippen molar-refractivity contribution in [3.05, 3.63) is 18.1 Å². The Labute approximate surface area is 58.3 Å². The van der Waals surface area contributed by atoms with Gasteiger partial charge >= 0.3 is 0 Å². The van der Waals surface area contributed by atoms with Gasteiger partial charge in [-0.2, -0.15) is 0 Å². The number of nitrogens with one attached hydrogen (secondary N) is 1. The minimum absolute atomic E-state index is 0.473. The van der Waals surface area contributed by atoms with Gasteiger partial charge in [0.25, 0.3) is 0 Å². The monoisotopic (exact) mass is 137 g/mol. The molecule has 1 heterocycles. The van der Waals surface area contributed by atoms with Crippen molar-refractivity contribution in [3.8, 4) is 0 Å². The number of rotatable bonds is 2. The van der Waals surface area contributed by atoms with Gasteiger partial charge in [-0.3, -0.25) is 9.78 Å². The Kier molecular flexibility index (Phi) is 1.94. The summed E-state index contributed by atoms with van der Waals surface area (Å²) < 4.78 is 0. The van der Waals surface area contributed by atoms with Crippen molar-refractivity contribution in [2.24, 2.45) is 0 Å². The molecule has 10 heavy (non-hydrogen) atoms. The lowest BCUT2D eigenvalue weighted by Gasteiger charge is -1.94. The van der Waals surface area contributed by atoms with E-state index in [1.54, 1.807) is 6.20 Å². The van der Waals surface area contributed by atoms with E-state index in [2.05, 4.69) is 15.3 Å². The van der Waals surface area contributed by atoms with E-state index in [9.17, 15) is 4.79 Å². The summed E-state index contributed by atoms with van der Waals surface area (Å²) in [5.41, 5.74) is 0.830. The van der Waals surface area contributed by atoms with Crippen molar-refractivity contribution >= 4 is 12.2 Å². The Hall–Kier alpha value is -1.45. The van der Waals surface area contributed by atoms with Crippen LogP contribution < -0.4 is 5.32 Å². The molecule has 1 aromatic heterocycles. The fourth-order valence-electron chi connectivity index (χ4n) is 0.527. The van der Waals surface area contributed by atoms with Gasteiger partial charge in [-0.25, -0.2) is 4.98 Å². The summed E-state index contributed by atoms with van der Waals surface area (Å²) in [6.07, 6.45) is 3.66. The Morgan fingerprint density at radius 1 is 1.50 bits per heavy atom. The second-order valence-corrected chi connectivity index (χ2v) is 1.81. The van der Waals surface area contributed by atoms with Crippen LogP contribution in [0.1, 0.15) is 5.69 Å². The van der Waals surface area contributed by atoms with Gasteiger partial charge in [0, 0.05) is 0 Å². The second kappa shape index (κ2) is 2.91. The third-order valence-electron chi connectivity index (χ3n) is 0.988. The van der Waals surface area contributed by atoms with Crippen molar-refractivity contribution < 1.29 is 4.79 Å². The van der Waals surface area contributed by atoms with Gasteiger partial charge in [-0.05, 0) is 6.92 Å². The Morgan fingerprint density at radius 2 is 2.30 bits per heavy atom. The first-order valence-electron chi connectivity index (χ1n) is 2.82. The van der Waals surface area contributed by atoms with Crippen LogP contribution in [-0.4, -0.2) is 16.4 Å². The SMILES string of the molecule is Cc1cnc(NC=O)cn1. The minimum Gasteiger partial charge on any atom is -0.312 e. The number of hydrogen-bond acceptors (Lipinski definition) is 3. The molecule has 4 heteroatoms. The summed E-state index contributed by atoms with van der Waals surface area (Å²) in [5.74, 6) is 0.473. The Morgan fingerprint density at radius 3 is 2.80 bits per heavy atom. The number of amides is 1. The highest BCUT2D eigenvalue weighted by molar-refractivity contribution is 5.67. The molecule has 0 aliphatic rings. The molecule has 0 atom stereocenters. The maximum absolute atomic E-state index is 9.88. The summed E-state index contributed by atoms with van der Waals surface area (Å²) in [7, 11) is 0. The molecule has 1 amide bonds. The van der Waals surface area contributed by atoms with E-state index in [4.69, 9.17) is 0 Å². The lowest BCUT2D eigenvalue weighted by Crippen LogP contribution is -1.97. The highest BCUT2D eigenvalue weighted by Crippen LogP contribution is 1.96. The first-order valence-corrected chi connectivity index (χ1v) is 2.82. The smallest absolute Gasteiger partial charge is 0.212 e. The zero-order valence-electron chi connectivity index (χ0n) is 5.53. The molecule has 52 valence electrons. The highest BCUT2D eigenvalue weighted by Gasteiger charge is 1.89. The molecule has 0 aliphatic heterocycles. The van der Waals surface area contributed by atoms with Crippen molar-refractivity contribution in [1.82, 2.24) is 9.97 Å². The van der Waals surface area contributed by atoms with Gasteiger partial charge in [0.05, 0.1) is 18.1 Å². The van der Waals surface area contributed by atoms with E-state index in [-0.39, 0.29) is 0 Å². The molecule has 1 aromatic rings. The normalized spacial score (nSPS) is 8.90. The Balaban J connectivity index is 2.78. The Bertz CT molecular complexity index is 219. The van der Waals surface area contributed by atoms with Crippen LogP contribution in [0, 0.1) is 6.92 Å². The molecular weight excluding hydrogens is 130 g/mol. The highest BCUT2D eigenvalue weighted by atomic mass is 16.1. The summed E-state index contributed by atoms with van der Waals surface area (Å²) in [6, 6.07) is 0. The van der Waals surface area contributed by atoms with Crippen LogP contribution >= 0.6 is 0 Å². The van der Waals surface area contributed by atoms with Crippen LogP contribution in [0.25, 0.3) is 0 Å². The average Bonchev–Trinajstić information content (AvgIpc) is 1.95. The zero-order chi connectivity index (χ0) is 7.40. The van der Waals surface area contributed by atoms with Gasteiger partial charge in [0.1, 0.15) is 0 Å². The van der Waals surface area contributed by atoms with E-state index < -0.39 is 0 Å².